The van der Waals surface area contributed by atoms with Crippen LogP contribution in [0, 0.1) is 6.92 Å². The number of carbonyl (C=O) groups is 1. The zero-order valence-electron chi connectivity index (χ0n) is 14.8. The molecule has 0 atom stereocenters. The molecule has 28 heavy (non-hydrogen) atoms. The standard InChI is InChI=1S/C19H15ClN6OS/c1-12-6-7-13(8-17(12)26-11-21-24-25-26)22-18(27)9-14-10-28-19(23-14)15-4-2-3-5-16(15)20/h2-8,10-11H,9H2,1H3,(H,22,27). The summed E-state index contributed by atoms with van der Waals surface area (Å²) < 4.78 is 1.56. The first-order valence-corrected chi connectivity index (χ1v) is 9.69. The second-order valence-electron chi connectivity index (χ2n) is 6.10. The summed E-state index contributed by atoms with van der Waals surface area (Å²) >= 11 is 7.69. The quantitative estimate of drug-likeness (QED) is 0.538. The van der Waals surface area contributed by atoms with Crippen LogP contribution in [-0.2, 0) is 11.2 Å². The number of rotatable bonds is 5. The van der Waals surface area contributed by atoms with Crippen LogP contribution in [0.5, 0.6) is 0 Å². The number of halogens is 1. The first-order chi connectivity index (χ1) is 13.6. The molecule has 9 heteroatoms. The normalized spacial score (nSPS) is 10.8. The van der Waals surface area contributed by atoms with Crippen LogP contribution in [0.25, 0.3) is 16.3 Å². The fourth-order valence-corrected chi connectivity index (χ4v) is 3.86. The maximum Gasteiger partial charge on any atom is 0.230 e. The second-order valence-corrected chi connectivity index (χ2v) is 7.37. The number of anilines is 1. The molecule has 0 unspecified atom stereocenters. The molecule has 0 aliphatic rings. The van der Waals surface area contributed by atoms with E-state index in [1.54, 1.807) is 4.68 Å². The van der Waals surface area contributed by atoms with Gasteiger partial charge >= 0.3 is 0 Å². The van der Waals surface area contributed by atoms with E-state index in [4.69, 9.17) is 11.6 Å². The number of benzene rings is 2. The van der Waals surface area contributed by atoms with Crippen LogP contribution in [0.1, 0.15) is 11.3 Å². The number of thiazole rings is 1. The average molecular weight is 411 g/mol. The first kappa shape index (κ1) is 18.3. The van der Waals surface area contributed by atoms with Crippen molar-refractivity contribution >= 4 is 34.5 Å². The Hall–Kier alpha value is -3.10. The van der Waals surface area contributed by atoms with E-state index in [1.807, 2.05) is 54.8 Å². The maximum atomic E-state index is 12.5. The Balaban J connectivity index is 1.47. The van der Waals surface area contributed by atoms with E-state index in [1.165, 1.54) is 17.7 Å². The minimum atomic E-state index is -0.150. The molecule has 0 aliphatic carbocycles. The van der Waals surface area contributed by atoms with Gasteiger partial charge in [0.15, 0.2) is 0 Å². The molecule has 0 fully saturated rings. The van der Waals surface area contributed by atoms with Gasteiger partial charge in [-0.15, -0.1) is 16.4 Å². The molecule has 0 spiro atoms. The largest absolute Gasteiger partial charge is 0.326 e. The molecule has 0 radical (unpaired) electrons. The summed E-state index contributed by atoms with van der Waals surface area (Å²) in [4.78, 5) is 17.0. The predicted octanol–water partition coefficient (Wildman–Crippen LogP) is 3.93. The van der Waals surface area contributed by atoms with Gasteiger partial charge in [0.1, 0.15) is 11.3 Å². The van der Waals surface area contributed by atoms with Crippen molar-refractivity contribution in [3.05, 3.63) is 70.5 Å². The van der Waals surface area contributed by atoms with E-state index in [0.717, 1.165) is 21.8 Å². The van der Waals surface area contributed by atoms with Gasteiger partial charge in [-0.3, -0.25) is 4.79 Å². The zero-order valence-corrected chi connectivity index (χ0v) is 16.4. The molecule has 1 amide bonds. The molecular weight excluding hydrogens is 396 g/mol. The van der Waals surface area contributed by atoms with Gasteiger partial charge in [0.25, 0.3) is 0 Å². The fourth-order valence-electron chi connectivity index (χ4n) is 2.72. The molecule has 0 saturated carbocycles. The highest BCUT2D eigenvalue weighted by Crippen LogP contribution is 2.30. The molecule has 2 aromatic heterocycles. The topological polar surface area (TPSA) is 85.6 Å². The Bertz CT molecular complexity index is 1130. The van der Waals surface area contributed by atoms with E-state index >= 15 is 0 Å². The van der Waals surface area contributed by atoms with E-state index < -0.39 is 0 Å². The number of nitrogens with one attached hydrogen (secondary N) is 1. The summed E-state index contributed by atoms with van der Waals surface area (Å²) in [5.41, 5.74) is 4.03. The van der Waals surface area contributed by atoms with Crippen LogP contribution in [-0.4, -0.2) is 31.1 Å². The highest BCUT2D eigenvalue weighted by molar-refractivity contribution is 7.13. The van der Waals surface area contributed by atoms with E-state index in [0.29, 0.717) is 16.4 Å². The summed E-state index contributed by atoms with van der Waals surface area (Å²) in [5.74, 6) is -0.150. The summed E-state index contributed by atoms with van der Waals surface area (Å²) in [6, 6.07) is 13.1. The molecule has 140 valence electrons. The number of hydrogen-bond donors (Lipinski definition) is 1. The van der Waals surface area contributed by atoms with E-state index in [9.17, 15) is 4.79 Å². The Kier molecular flexibility index (Phi) is 5.14. The van der Waals surface area contributed by atoms with Crippen LogP contribution in [0.15, 0.2) is 54.2 Å². The van der Waals surface area contributed by atoms with Crippen LogP contribution < -0.4 is 5.32 Å². The van der Waals surface area contributed by atoms with Crippen LogP contribution >= 0.6 is 22.9 Å². The summed E-state index contributed by atoms with van der Waals surface area (Å²) in [6.07, 6.45) is 1.69. The lowest BCUT2D eigenvalue weighted by Gasteiger charge is -2.09. The first-order valence-electron chi connectivity index (χ1n) is 8.43. The van der Waals surface area contributed by atoms with Crippen molar-refractivity contribution in [2.45, 2.75) is 13.3 Å². The van der Waals surface area contributed by atoms with Gasteiger partial charge in [-0.05, 0) is 41.1 Å². The van der Waals surface area contributed by atoms with Crippen molar-refractivity contribution in [1.29, 1.82) is 0 Å². The lowest BCUT2D eigenvalue weighted by Crippen LogP contribution is -2.15. The summed E-state index contributed by atoms with van der Waals surface area (Å²) in [5, 5.41) is 17.4. The Morgan fingerprint density at radius 3 is 2.89 bits per heavy atom. The van der Waals surface area contributed by atoms with Crippen molar-refractivity contribution in [3.8, 4) is 16.3 Å². The van der Waals surface area contributed by atoms with Crippen LogP contribution in [0.4, 0.5) is 5.69 Å². The molecule has 7 nitrogen and oxygen atoms in total. The van der Waals surface area contributed by atoms with Gasteiger partial charge in [0.2, 0.25) is 5.91 Å². The van der Waals surface area contributed by atoms with Crippen molar-refractivity contribution < 1.29 is 4.79 Å². The minimum absolute atomic E-state index is 0.150. The smallest absolute Gasteiger partial charge is 0.230 e. The number of tetrazole rings is 1. The van der Waals surface area contributed by atoms with Gasteiger partial charge in [-0.25, -0.2) is 9.67 Å². The third kappa shape index (κ3) is 3.92. The molecular formula is C19H15ClN6OS. The fraction of sp³-hybridized carbons (Fsp3) is 0.105. The Morgan fingerprint density at radius 1 is 1.25 bits per heavy atom. The number of aromatic nitrogens is 5. The number of hydrogen-bond acceptors (Lipinski definition) is 6. The van der Waals surface area contributed by atoms with Gasteiger partial charge in [-0.1, -0.05) is 35.9 Å². The van der Waals surface area contributed by atoms with Crippen molar-refractivity contribution in [2.24, 2.45) is 0 Å². The number of aryl methyl sites for hydroxylation is 1. The second kappa shape index (κ2) is 7.87. The third-order valence-corrected chi connectivity index (χ3v) is 5.34. The van der Waals surface area contributed by atoms with Gasteiger partial charge in [0.05, 0.1) is 22.8 Å². The van der Waals surface area contributed by atoms with Crippen molar-refractivity contribution in [3.63, 3.8) is 0 Å². The highest BCUT2D eigenvalue weighted by atomic mass is 35.5. The summed E-state index contributed by atoms with van der Waals surface area (Å²) in [7, 11) is 0. The van der Waals surface area contributed by atoms with Gasteiger partial charge in [0, 0.05) is 16.6 Å². The van der Waals surface area contributed by atoms with Crippen LogP contribution in [0.3, 0.4) is 0 Å². The molecule has 4 aromatic rings. The third-order valence-electron chi connectivity index (χ3n) is 4.09. The molecule has 1 N–H and O–H groups in total. The molecule has 0 saturated heterocycles. The zero-order chi connectivity index (χ0) is 19.5. The minimum Gasteiger partial charge on any atom is -0.326 e. The molecule has 0 bridgehead atoms. The van der Waals surface area contributed by atoms with Gasteiger partial charge < -0.3 is 5.32 Å². The summed E-state index contributed by atoms with van der Waals surface area (Å²) in [6.45, 7) is 1.95. The van der Waals surface area contributed by atoms with E-state index in [2.05, 4.69) is 25.8 Å². The maximum absolute atomic E-state index is 12.5. The predicted molar refractivity (Wildman–Crippen MR) is 109 cm³/mol. The molecule has 2 heterocycles. The lowest BCUT2D eigenvalue weighted by molar-refractivity contribution is -0.115. The van der Waals surface area contributed by atoms with Gasteiger partial charge in [-0.2, -0.15) is 0 Å². The van der Waals surface area contributed by atoms with Crippen molar-refractivity contribution in [1.82, 2.24) is 25.2 Å². The Morgan fingerprint density at radius 2 is 2.11 bits per heavy atom. The lowest BCUT2D eigenvalue weighted by atomic mass is 10.1. The molecule has 0 aliphatic heterocycles. The van der Waals surface area contributed by atoms with Crippen LogP contribution in [0.2, 0.25) is 5.02 Å². The number of amides is 1. The highest BCUT2D eigenvalue weighted by Gasteiger charge is 2.12. The SMILES string of the molecule is Cc1ccc(NC(=O)Cc2csc(-c3ccccc3Cl)n2)cc1-n1cnnn1. The number of nitrogens with zero attached hydrogens (tertiary/aromatic N) is 5. The number of carbonyl (C=O) groups excluding carboxylic acids is 1. The van der Waals surface area contributed by atoms with Crippen molar-refractivity contribution in [2.75, 3.05) is 5.32 Å². The monoisotopic (exact) mass is 410 g/mol. The molecule has 4 rings (SSSR count). The Labute approximate surface area is 170 Å². The average Bonchev–Trinajstić information content (AvgIpc) is 3.36. The van der Waals surface area contributed by atoms with E-state index in [-0.39, 0.29) is 12.3 Å². The molecule has 2 aromatic carbocycles.